The third-order valence-electron chi connectivity index (χ3n) is 3.18. The summed E-state index contributed by atoms with van der Waals surface area (Å²) in [4.78, 5) is 0. The Kier molecular flexibility index (Phi) is 6.78. The van der Waals surface area contributed by atoms with Crippen LogP contribution in [0.15, 0.2) is 18.2 Å². The molecule has 0 heterocycles. The van der Waals surface area contributed by atoms with Crippen molar-refractivity contribution >= 4 is 23.2 Å². The normalized spacial score (nSPS) is 13.0. The van der Waals surface area contributed by atoms with Crippen LogP contribution < -0.4 is 5.32 Å². The van der Waals surface area contributed by atoms with E-state index in [0.717, 1.165) is 13.0 Å². The minimum Gasteiger partial charge on any atom is -0.387 e. The number of nitrogens with zero attached hydrogens (tertiary/aromatic N) is 1. The number of hydrogen-bond acceptors (Lipinski definition) is 3. The molecular weight excluding hydrogens is 295 g/mol. The van der Waals surface area contributed by atoms with Gasteiger partial charge in [-0.1, -0.05) is 43.1 Å². The van der Waals surface area contributed by atoms with Crippen LogP contribution in [0.2, 0.25) is 10.0 Å². The van der Waals surface area contributed by atoms with E-state index in [-0.39, 0.29) is 5.41 Å². The molecule has 0 aromatic heterocycles. The van der Waals surface area contributed by atoms with E-state index in [0.29, 0.717) is 28.6 Å². The molecule has 0 saturated carbocycles. The first-order valence-electron chi connectivity index (χ1n) is 6.56. The zero-order valence-electron chi connectivity index (χ0n) is 11.8. The molecule has 1 rings (SSSR count). The van der Waals surface area contributed by atoms with Crippen LogP contribution in [0.25, 0.3) is 0 Å². The van der Waals surface area contributed by atoms with Gasteiger partial charge in [0.2, 0.25) is 0 Å². The van der Waals surface area contributed by atoms with Crippen molar-refractivity contribution in [1.82, 2.24) is 5.32 Å². The van der Waals surface area contributed by atoms with E-state index >= 15 is 0 Å². The lowest BCUT2D eigenvalue weighted by Gasteiger charge is -2.25. The number of nitrogens with one attached hydrogen (secondary N) is 1. The average Bonchev–Trinajstić information content (AvgIpc) is 2.36. The van der Waals surface area contributed by atoms with Gasteiger partial charge in [0.05, 0.1) is 12.2 Å². The Morgan fingerprint density at radius 2 is 2.10 bits per heavy atom. The standard InChI is InChI=1S/C15H20Cl2N2O/c1-15(2,6-3-7-18)10-19-9-14(20)12-5-4-11(16)8-13(12)17/h4-5,8,14,19-20H,3,6,9-10H2,1-2H3. The van der Waals surface area contributed by atoms with E-state index in [1.807, 2.05) is 0 Å². The van der Waals surface area contributed by atoms with Gasteiger partial charge in [-0.2, -0.15) is 5.26 Å². The first-order chi connectivity index (χ1) is 9.35. The highest BCUT2D eigenvalue weighted by Gasteiger charge is 2.18. The zero-order valence-corrected chi connectivity index (χ0v) is 13.3. The summed E-state index contributed by atoms with van der Waals surface area (Å²) in [5.41, 5.74) is 0.692. The highest BCUT2D eigenvalue weighted by molar-refractivity contribution is 6.35. The predicted molar refractivity (Wildman–Crippen MR) is 82.9 cm³/mol. The molecule has 0 spiro atoms. The molecule has 1 aromatic rings. The first kappa shape index (κ1) is 17.3. The second-order valence-electron chi connectivity index (χ2n) is 5.63. The van der Waals surface area contributed by atoms with Gasteiger partial charge in [0.1, 0.15) is 0 Å². The molecule has 0 aliphatic heterocycles. The Balaban J connectivity index is 2.47. The zero-order chi connectivity index (χ0) is 15.2. The smallest absolute Gasteiger partial charge is 0.0928 e. The van der Waals surface area contributed by atoms with Crippen molar-refractivity contribution in [2.24, 2.45) is 5.41 Å². The molecule has 1 atom stereocenters. The number of halogens is 2. The van der Waals surface area contributed by atoms with Gasteiger partial charge < -0.3 is 10.4 Å². The summed E-state index contributed by atoms with van der Waals surface area (Å²) in [6.07, 6.45) is 0.695. The lowest BCUT2D eigenvalue weighted by atomic mass is 9.88. The summed E-state index contributed by atoms with van der Waals surface area (Å²) < 4.78 is 0. The molecule has 1 aromatic carbocycles. The minimum absolute atomic E-state index is 0.0270. The second-order valence-corrected chi connectivity index (χ2v) is 6.48. The summed E-state index contributed by atoms with van der Waals surface area (Å²) >= 11 is 11.9. The first-order valence-corrected chi connectivity index (χ1v) is 7.32. The number of benzene rings is 1. The maximum absolute atomic E-state index is 10.1. The summed E-state index contributed by atoms with van der Waals surface area (Å²) in [6, 6.07) is 7.22. The second kappa shape index (κ2) is 7.85. The fraction of sp³-hybridized carbons (Fsp3) is 0.533. The lowest BCUT2D eigenvalue weighted by molar-refractivity contribution is 0.167. The largest absolute Gasteiger partial charge is 0.387 e. The van der Waals surface area contributed by atoms with Crippen LogP contribution in [0.5, 0.6) is 0 Å². The molecular formula is C15H20Cl2N2O. The lowest BCUT2D eigenvalue weighted by Crippen LogP contribution is -2.32. The van der Waals surface area contributed by atoms with Crippen LogP contribution in [0, 0.1) is 16.7 Å². The average molecular weight is 315 g/mol. The molecule has 0 fully saturated rings. The number of hydrogen-bond donors (Lipinski definition) is 2. The van der Waals surface area contributed by atoms with E-state index in [1.54, 1.807) is 18.2 Å². The summed E-state index contributed by atoms with van der Waals surface area (Å²) in [5, 5.41) is 23.0. The molecule has 0 amide bonds. The molecule has 20 heavy (non-hydrogen) atoms. The molecule has 0 radical (unpaired) electrons. The number of aliphatic hydroxyl groups excluding tert-OH is 1. The van der Waals surface area contributed by atoms with Crippen LogP contribution in [0.1, 0.15) is 38.4 Å². The van der Waals surface area contributed by atoms with E-state index < -0.39 is 6.10 Å². The van der Waals surface area contributed by atoms with E-state index in [2.05, 4.69) is 25.2 Å². The van der Waals surface area contributed by atoms with Crippen molar-refractivity contribution in [3.63, 3.8) is 0 Å². The Morgan fingerprint density at radius 1 is 1.40 bits per heavy atom. The fourth-order valence-electron chi connectivity index (χ4n) is 1.91. The highest BCUT2D eigenvalue weighted by atomic mass is 35.5. The predicted octanol–water partition coefficient (Wildman–Crippen LogP) is 3.95. The van der Waals surface area contributed by atoms with E-state index in [1.165, 1.54) is 0 Å². The molecule has 2 N–H and O–H groups in total. The molecule has 0 aliphatic carbocycles. The van der Waals surface area contributed by atoms with Gasteiger partial charge in [-0.15, -0.1) is 0 Å². The quantitative estimate of drug-likeness (QED) is 0.801. The van der Waals surface area contributed by atoms with Crippen molar-refractivity contribution in [1.29, 1.82) is 5.26 Å². The monoisotopic (exact) mass is 314 g/mol. The Labute approximate surface area is 130 Å². The summed E-state index contributed by atoms with van der Waals surface area (Å²) in [5.74, 6) is 0. The van der Waals surface area contributed by atoms with Crippen molar-refractivity contribution in [2.75, 3.05) is 13.1 Å². The van der Waals surface area contributed by atoms with Crippen LogP contribution in [0.3, 0.4) is 0 Å². The van der Waals surface area contributed by atoms with Crippen molar-refractivity contribution < 1.29 is 5.11 Å². The maximum atomic E-state index is 10.1. The number of nitriles is 1. The molecule has 0 aliphatic rings. The number of aliphatic hydroxyl groups is 1. The minimum atomic E-state index is -0.675. The molecule has 0 bridgehead atoms. The van der Waals surface area contributed by atoms with Crippen LogP contribution in [-0.2, 0) is 0 Å². The van der Waals surface area contributed by atoms with Crippen molar-refractivity contribution in [3.05, 3.63) is 33.8 Å². The number of rotatable bonds is 7. The maximum Gasteiger partial charge on any atom is 0.0928 e. The third-order valence-corrected chi connectivity index (χ3v) is 3.74. The third kappa shape index (κ3) is 5.68. The molecule has 3 nitrogen and oxygen atoms in total. The Morgan fingerprint density at radius 3 is 2.70 bits per heavy atom. The van der Waals surface area contributed by atoms with Gasteiger partial charge in [0, 0.05) is 35.1 Å². The van der Waals surface area contributed by atoms with Gasteiger partial charge in [-0.05, 0) is 24.0 Å². The molecule has 5 heteroatoms. The summed E-state index contributed by atoms with van der Waals surface area (Å²) in [7, 11) is 0. The van der Waals surface area contributed by atoms with Gasteiger partial charge in [-0.3, -0.25) is 0 Å². The van der Waals surface area contributed by atoms with Crippen molar-refractivity contribution in [3.8, 4) is 6.07 Å². The van der Waals surface area contributed by atoms with Crippen LogP contribution in [0.4, 0.5) is 0 Å². The Hall–Kier alpha value is -0.790. The van der Waals surface area contributed by atoms with Gasteiger partial charge >= 0.3 is 0 Å². The van der Waals surface area contributed by atoms with Gasteiger partial charge in [-0.25, -0.2) is 0 Å². The molecule has 110 valence electrons. The van der Waals surface area contributed by atoms with E-state index in [9.17, 15) is 5.11 Å². The van der Waals surface area contributed by atoms with Crippen LogP contribution in [-0.4, -0.2) is 18.2 Å². The SMILES string of the molecule is CC(C)(CCC#N)CNCC(O)c1ccc(Cl)cc1Cl. The van der Waals surface area contributed by atoms with Crippen molar-refractivity contribution in [2.45, 2.75) is 32.8 Å². The molecule has 0 saturated heterocycles. The highest BCUT2D eigenvalue weighted by Crippen LogP contribution is 2.26. The van der Waals surface area contributed by atoms with Crippen LogP contribution >= 0.6 is 23.2 Å². The summed E-state index contributed by atoms with van der Waals surface area (Å²) in [6.45, 7) is 5.34. The fourth-order valence-corrected chi connectivity index (χ4v) is 2.45. The van der Waals surface area contributed by atoms with Gasteiger partial charge in [0.15, 0.2) is 0 Å². The molecule has 1 unspecified atom stereocenters. The van der Waals surface area contributed by atoms with E-state index in [4.69, 9.17) is 28.5 Å². The topological polar surface area (TPSA) is 56.0 Å². The van der Waals surface area contributed by atoms with Gasteiger partial charge in [0.25, 0.3) is 0 Å². The Bertz CT molecular complexity index is 483.